The van der Waals surface area contributed by atoms with Crippen molar-refractivity contribution in [2.24, 2.45) is 11.8 Å². The molecule has 3 heteroatoms. The maximum atomic E-state index is 9.88. The van der Waals surface area contributed by atoms with Crippen molar-refractivity contribution in [3.05, 3.63) is 29.8 Å². The Bertz CT molecular complexity index is 502. The van der Waals surface area contributed by atoms with Gasteiger partial charge in [-0.3, -0.25) is 4.90 Å². The number of nitrogens with one attached hydrogen (secondary N) is 1. The number of hydrogen-bond donors (Lipinski definition) is 2. The van der Waals surface area contributed by atoms with Crippen LogP contribution in [0.1, 0.15) is 53.0 Å². The molecule has 0 amide bonds. The van der Waals surface area contributed by atoms with E-state index in [0.717, 1.165) is 32.0 Å². The normalized spacial score (nSPS) is 29.1. The number of phenolic OH excluding ortho intramolecular Hbond substituents is 1. The van der Waals surface area contributed by atoms with E-state index in [9.17, 15) is 5.11 Å². The average molecular weight is 319 g/mol. The van der Waals surface area contributed by atoms with E-state index in [1.807, 2.05) is 12.1 Å². The van der Waals surface area contributed by atoms with Gasteiger partial charge in [0, 0.05) is 6.54 Å². The smallest absolute Gasteiger partial charge is 0.115 e. The molecule has 0 aliphatic carbocycles. The first-order chi connectivity index (χ1) is 10.9. The van der Waals surface area contributed by atoms with Crippen molar-refractivity contribution in [1.82, 2.24) is 10.2 Å². The van der Waals surface area contributed by atoms with E-state index >= 15 is 0 Å². The van der Waals surface area contributed by atoms with Gasteiger partial charge in [0.05, 0.1) is 6.17 Å². The Kier molecular flexibility index (Phi) is 6.10. The molecule has 1 aromatic rings. The van der Waals surface area contributed by atoms with Crippen LogP contribution in [0.15, 0.2) is 24.3 Å². The van der Waals surface area contributed by atoms with Crippen molar-refractivity contribution in [2.45, 2.75) is 59.0 Å². The standard InChI is InChI=1S/C20H34N2O/c1-6-21-19-16(4)20(5,17-8-7-9-18(23)14-17)11-13-22(19)12-10-15(2)3/h7-9,14-16,19,21,23H,6,10-13H2,1-5H3. The van der Waals surface area contributed by atoms with Gasteiger partial charge in [-0.1, -0.05) is 46.8 Å². The van der Waals surface area contributed by atoms with Gasteiger partial charge in [0.2, 0.25) is 0 Å². The van der Waals surface area contributed by atoms with Crippen molar-refractivity contribution in [2.75, 3.05) is 19.6 Å². The lowest BCUT2D eigenvalue weighted by atomic mass is 9.66. The first kappa shape index (κ1) is 18.3. The Morgan fingerprint density at radius 1 is 1.39 bits per heavy atom. The molecule has 3 unspecified atom stereocenters. The molecule has 0 radical (unpaired) electrons. The predicted molar refractivity (Wildman–Crippen MR) is 97.7 cm³/mol. The number of phenols is 1. The molecule has 1 aliphatic heterocycles. The monoisotopic (exact) mass is 318 g/mol. The molecule has 0 saturated carbocycles. The molecular weight excluding hydrogens is 284 g/mol. The molecule has 1 aromatic carbocycles. The van der Waals surface area contributed by atoms with Crippen LogP contribution in [0.25, 0.3) is 0 Å². The van der Waals surface area contributed by atoms with Gasteiger partial charge < -0.3 is 10.4 Å². The summed E-state index contributed by atoms with van der Waals surface area (Å²) in [5.41, 5.74) is 1.36. The molecule has 3 nitrogen and oxygen atoms in total. The molecule has 2 N–H and O–H groups in total. The van der Waals surface area contributed by atoms with Crippen LogP contribution in [-0.4, -0.2) is 35.8 Å². The second-order valence-corrected chi connectivity index (χ2v) is 7.73. The molecule has 1 heterocycles. The Morgan fingerprint density at radius 3 is 2.74 bits per heavy atom. The van der Waals surface area contributed by atoms with Gasteiger partial charge in [0.15, 0.2) is 0 Å². The minimum absolute atomic E-state index is 0.0971. The number of benzene rings is 1. The van der Waals surface area contributed by atoms with Crippen LogP contribution in [0.4, 0.5) is 0 Å². The van der Waals surface area contributed by atoms with Crippen LogP contribution in [0.3, 0.4) is 0 Å². The van der Waals surface area contributed by atoms with Gasteiger partial charge in [-0.25, -0.2) is 0 Å². The highest BCUT2D eigenvalue weighted by Gasteiger charge is 2.43. The molecular formula is C20H34N2O. The van der Waals surface area contributed by atoms with E-state index in [2.05, 4.69) is 50.9 Å². The summed E-state index contributed by atoms with van der Waals surface area (Å²) in [7, 11) is 0. The lowest BCUT2D eigenvalue weighted by Gasteiger charge is -2.51. The third-order valence-electron chi connectivity index (χ3n) is 5.70. The third-order valence-corrected chi connectivity index (χ3v) is 5.70. The number of nitrogens with zero attached hydrogens (tertiary/aromatic N) is 1. The van der Waals surface area contributed by atoms with Crippen LogP contribution in [0, 0.1) is 11.8 Å². The zero-order valence-electron chi connectivity index (χ0n) is 15.5. The summed E-state index contributed by atoms with van der Waals surface area (Å²) in [5.74, 6) is 1.61. The minimum atomic E-state index is 0.0971. The minimum Gasteiger partial charge on any atom is -0.508 e. The molecule has 23 heavy (non-hydrogen) atoms. The van der Waals surface area contributed by atoms with E-state index in [-0.39, 0.29) is 5.41 Å². The molecule has 3 atom stereocenters. The van der Waals surface area contributed by atoms with Crippen molar-refractivity contribution in [1.29, 1.82) is 0 Å². The second-order valence-electron chi connectivity index (χ2n) is 7.73. The predicted octanol–water partition coefficient (Wildman–Crippen LogP) is 3.97. The molecule has 2 rings (SSSR count). The average Bonchev–Trinajstić information content (AvgIpc) is 2.51. The summed E-state index contributed by atoms with van der Waals surface area (Å²) in [4.78, 5) is 2.62. The topological polar surface area (TPSA) is 35.5 Å². The number of rotatable bonds is 6. The largest absolute Gasteiger partial charge is 0.508 e. The Hall–Kier alpha value is -1.06. The third kappa shape index (κ3) is 4.07. The molecule has 130 valence electrons. The zero-order valence-corrected chi connectivity index (χ0v) is 15.5. The fourth-order valence-corrected chi connectivity index (χ4v) is 3.87. The van der Waals surface area contributed by atoms with Gasteiger partial charge in [-0.05, 0) is 60.9 Å². The molecule has 0 bridgehead atoms. The van der Waals surface area contributed by atoms with Crippen LogP contribution < -0.4 is 5.32 Å². The van der Waals surface area contributed by atoms with E-state index in [1.165, 1.54) is 12.0 Å². The molecule has 1 aliphatic rings. The van der Waals surface area contributed by atoms with Gasteiger partial charge in [-0.15, -0.1) is 0 Å². The molecule has 0 aromatic heterocycles. The highest BCUT2D eigenvalue weighted by atomic mass is 16.3. The fourth-order valence-electron chi connectivity index (χ4n) is 3.87. The zero-order chi connectivity index (χ0) is 17.0. The Labute approximate surface area is 142 Å². The van der Waals surface area contributed by atoms with Crippen LogP contribution in [0.5, 0.6) is 5.75 Å². The summed E-state index contributed by atoms with van der Waals surface area (Å²) < 4.78 is 0. The van der Waals surface area contributed by atoms with Crippen molar-refractivity contribution in [3.8, 4) is 5.75 Å². The van der Waals surface area contributed by atoms with Gasteiger partial charge >= 0.3 is 0 Å². The van der Waals surface area contributed by atoms with E-state index in [0.29, 0.717) is 17.8 Å². The number of hydrogen-bond acceptors (Lipinski definition) is 3. The van der Waals surface area contributed by atoms with Gasteiger partial charge in [0.25, 0.3) is 0 Å². The fraction of sp³-hybridized carbons (Fsp3) is 0.700. The summed E-state index contributed by atoms with van der Waals surface area (Å²) in [6.45, 7) is 14.8. The van der Waals surface area contributed by atoms with Crippen molar-refractivity contribution >= 4 is 0 Å². The van der Waals surface area contributed by atoms with Gasteiger partial charge in [-0.2, -0.15) is 0 Å². The molecule has 1 saturated heterocycles. The van der Waals surface area contributed by atoms with E-state index in [4.69, 9.17) is 0 Å². The SMILES string of the molecule is CCNC1C(C)C(C)(c2cccc(O)c2)CCN1CCC(C)C. The first-order valence-electron chi connectivity index (χ1n) is 9.15. The second kappa shape index (κ2) is 7.67. The summed E-state index contributed by atoms with van der Waals surface area (Å²) >= 11 is 0. The summed E-state index contributed by atoms with van der Waals surface area (Å²) in [5, 5.41) is 13.6. The lowest BCUT2D eigenvalue weighted by molar-refractivity contribution is 0.0211. The van der Waals surface area contributed by atoms with Crippen molar-refractivity contribution < 1.29 is 5.11 Å². The number of likely N-dealkylation sites (tertiary alicyclic amines) is 1. The van der Waals surface area contributed by atoms with Crippen LogP contribution in [0.2, 0.25) is 0 Å². The molecule has 1 fully saturated rings. The van der Waals surface area contributed by atoms with Crippen LogP contribution >= 0.6 is 0 Å². The Balaban J connectivity index is 2.22. The number of aromatic hydroxyl groups is 1. The first-order valence-corrected chi connectivity index (χ1v) is 9.15. The molecule has 0 spiro atoms. The summed E-state index contributed by atoms with van der Waals surface area (Å²) in [6, 6.07) is 7.85. The van der Waals surface area contributed by atoms with E-state index < -0.39 is 0 Å². The quantitative estimate of drug-likeness (QED) is 0.833. The maximum absolute atomic E-state index is 9.88. The highest BCUT2D eigenvalue weighted by Crippen LogP contribution is 2.42. The number of piperidine rings is 1. The van der Waals surface area contributed by atoms with Crippen molar-refractivity contribution in [3.63, 3.8) is 0 Å². The Morgan fingerprint density at radius 2 is 2.13 bits per heavy atom. The van der Waals surface area contributed by atoms with E-state index in [1.54, 1.807) is 6.07 Å². The van der Waals surface area contributed by atoms with Crippen LogP contribution in [-0.2, 0) is 5.41 Å². The highest BCUT2D eigenvalue weighted by molar-refractivity contribution is 5.34. The van der Waals surface area contributed by atoms with Gasteiger partial charge in [0.1, 0.15) is 5.75 Å². The summed E-state index contributed by atoms with van der Waals surface area (Å²) in [6.07, 6.45) is 2.79. The lowest BCUT2D eigenvalue weighted by Crippen LogP contribution is -2.60. The maximum Gasteiger partial charge on any atom is 0.115 e.